The molecule has 2 aromatic rings. The van der Waals surface area contributed by atoms with Gasteiger partial charge in [0, 0.05) is 19.3 Å². The number of halogens is 4. The number of nitrogens with one attached hydrogen (secondary N) is 1. The average molecular weight is 405 g/mol. The van der Waals surface area contributed by atoms with Crippen molar-refractivity contribution in [3.05, 3.63) is 47.8 Å². The van der Waals surface area contributed by atoms with Crippen LogP contribution in [0.4, 0.5) is 13.2 Å². The van der Waals surface area contributed by atoms with Crippen LogP contribution in [0.15, 0.2) is 36.5 Å². The topological polar surface area (TPSA) is 82.2 Å². The second-order valence-corrected chi connectivity index (χ2v) is 6.09. The fourth-order valence-corrected chi connectivity index (χ4v) is 2.76. The van der Waals surface area contributed by atoms with E-state index < -0.39 is 18.0 Å². The second kappa shape index (κ2) is 8.73. The van der Waals surface area contributed by atoms with E-state index in [1.807, 2.05) is 0 Å². The Balaban J connectivity index is 0.00000261. The Morgan fingerprint density at radius 3 is 2.52 bits per heavy atom. The zero-order chi connectivity index (χ0) is 18.7. The molecular weight excluding hydrogens is 385 g/mol. The molecule has 0 unspecified atom stereocenters. The van der Waals surface area contributed by atoms with Crippen LogP contribution >= 0.6 is 12.4 Å². The number of amides is 1. The molecule has 3 rings (SSSR count). The number of carbonyl (C=O) groups excluding carboxylic acids is 1. The minimum absolute atomic E-state index is 0. The summed E-state index contributed by atoms with van der Waals surface area (Å²) in [5.74, 6) is -0.188. The van der Waals surface area contributed by atoms with E-state index in [4.69, 9.17) is 10.5 Å². The number of rotatable bonds is 5. The molecule has 0 spiro atoms. The second-order valence-electron chi connectivity index (χ2n) is 6.09. The van der Waals surface area contributed by atoms with Crippen LogP contribution in [0.25, 0.3) is 5.69 Å². The van der Waals surface area contributed by atoms with Crippen LogP contribution in [0.5, 0.6) is 0 Å². The zero-order valence-corrected chi connectivity index (χ0v) is 15.1. The number of alkyl halides is 3. The third kappa shape index (κ3) is 5.21. The summed E-state index contributed by atoms with van der Waals surface area (Å²) in [7, 11) is 0. The number of nitrogens with zero attached hydrogens (tertiary/aromatic N) is 2. The first-order valence-corrected chi connectivity index (χ1v) is 8.22. The molecule has 148 valence electrons. The van der Waals surface area contributed by atoms with Crippen LogP contribution < -0.4 is 11.1 Å². The minimum Gasteiger partial charge on any atom is -0.364 e. The van der Waals surface area contributed by atoms with Crippen molar-refractivity contribution >= 4 is 18.3 Å². The van der Waals surface area contributed by atoms with Crippen molar-refractivity contribution in [1.29, 1.82) is 0 Å². The number of nitrogens with two attached hydrogens (primary N) is 1. The highest BCUT2D eigenvalue weighted by molar-refractivity contribution is 5.85. The normalized spacial score (nSPS) is 19.6. The van der Waals surface area contributed by atoms with Crippen LogP contribution in [0.3, 0.4) is 0 Å². The van der Waals surface area contributed by atoms with Crippen molar-refractivity contribution in [2.45, 2.75) is 37.8 Å². The largest absolute Gasteiger partial charge is 0.435 e. The summed E-state index contributed by atoms with van der Waals surface area (Å²) in [6.07, 6.45) is -2.35. The van der Waals surface area contributed by atoms with E-state index in [0.717, 1.165) is 22.7 Å². The van der Waals surface area contributed by atoms with Gasteiger partial charge in [-0.2, -0.15) is 18.3 Å². The van der Waals surface area contributed by atoms with Gasteiger partial charge in [0.1, 0.15) is 6.10 Å². The van der Waals surface area contributed by atoms with Gasteiger partial charge >= 0.3 is 6.18 Å². The molecule has 2 atom stereocenters. The fourth-order valence-electron chi connectivity index (χ4n) is 2.76. The monoisotopic (exact) mass is 404 g/mol. The van der Waals surface area contributed by atoms with Gasteiger partial charge in [-0.05, 0) is 36.6 Å². The molecule has 10 heteroatoms. The van der Waals surface area contributed by atoms with E-state index in [9.17, 15) is 18.0 Å². The fraction of sp³-hybridized carbons (Fsp3) is 0.412. The summed E-state index contributed by atoms with van der Waals surface area (Å²) in [5.41, 5.74) is 5.90. The molecule has 1 saturated heterocycles. The highest BCUT2D eigenvalue weighted by atomic mass is 35.5. The SMILES string of the molecule is Cl.NC[C@H]1CC[C@@H](C(=O)NCc2ccc(-n3ccc(C(F)(F)F)n3)cc2)O1. The van der Waals surface area contributed by atoms with Crippen LogP contribution in [0.1, 0.15) is 24.1 Å². The van der Waals surface area contributed by atoms with E-state index in [1.165, 1.54) is 6.20 Å². The number of ether oxygens (including phenoxy) is 1. The maximum absolute atomic E-state index is 12.6. The Kier molecular flexibility index (Phi) is 6.85. The number of aromatic nitrogens is 2. The number of benzene rings is 1. The predicted molar refractivity (Wildman–Crippen MR) is 94.6 cm³/mol. The first-order chi connectivity index (χ1) is 12.4. The average Bonchev–Trinajstić information content (AvgIpc) is 3.29. The molecule has 6 nitrogen and oxygen atoms in total. The Morgan fingerprint density at radius 2 is 1.96 bits per heavy atom. The molecule has 1 aromatic heterocycles. The molecule has 27 heavy (non-hydrogen) atoms. The summed E-state index contributed by atoms with van der Waals surface area (Å²) in [5, 5.41) is 6.31. The van der Waals surface area contributed by atoms with Crippen molar-refractivity contribution in [3.63, 3.8) is 0 Å². The number of carbonyl (C=O) groups is 1. The van der Waals surface area contributed by atoms with Crippen LogP contribution in [0.2, 0.25) is 0 Å². The first kappa shape index (κ1) is 21.2. The third-order valence-corrected chi connectivity index (χ3v) is 4.21. The van der Waals surface area contributed by atoms with Gasteiger partial charge in [-0.25, -0.2) is 4.68 Å². The van der Waals surface area contributed by atoms with Crippen molar-refractivity contribution in [2.24, 2.45) is 5.73 Å². The predicted octanol–water partition coefficient (Wildman–Crippen LogP) is 2.44. The van der Waals surface area contributed by atoms with Crippen LogP contribution in [-0.2, 0) is 22.3 Å². The lowest BCUT2D eigenvalue weighted by Crippen LogP contribution is -2.35. The highest BCUT2D eigenvalue weighted by Gasteiger charge is 2.33. The first-order valence-electron chi connectivity index (χ1n) is 8.22. The smallest absolute Gasteiger partial charge is 0.364 e. The Hall–Kier alpha value is -2.10. The molecule has 1 aliphatic rings. The van der Waals surface area contributed by atoms with Gasteiger partial charge in [-0.3, -0.25) is 4.79 Å². The van der Waals surface area contributed by atoms with E-state index in [0.29, 0.717) is 25.2 Å². The Labute approximate surface area is 160 Å². The molecule has 1 aromatic carbocycles. The number of hydrogen-bond donors (Lipinski definition) is 2. The lowest BCUT2D eigenvalue weighted by molar-refractivity contribution is -0.141. The molecule has 1 fully saturated rings. The van der Waals surface area contributed by atoms with Gasteiger partial charge in [0.15, 0.2) is 5.69 Å². The van der Waals surface area contributed by atoms with Gasteiger partial charge in [0.25, 0.3) is 0 Å². The molecule has 2 heterocycles. The maximum atomic E-state index is 12.6. The Bertz CT molecular complexity index is 764. The van der Waals surface area contributed by atoms with Crippen LogP contribution in [0, 0.1) is 0 Å². The Morgan fingerprint density at radius 1 is 1.26 bits per heavy atom. The van der Waals surface area contributed by atoms with E-state index >= 15 is 0 Å². The van der Waals surface area contributed by atoms with Crippen LogP contribution in [-0.4, -0.2) is 34.4 Å². The summed E-state index contributed by atoms with van der Waals surface area (Å²) in [4.78, 5) is 12.1. The molecule has 0 aliphatic carbocycles. The summed E-state index contributed by atoms with van der Waals surface area (Å²) >= 11 is 0. The molecule has 1 amide bonds. The van der Waals surface area contributed by atoms with E-state index in [1.54, 1.807) is 24.3 Å². The lowest BCUT2D eigenvalue weighted by Gasteiger charge is -2.13. The molecule has 3 N–H and O–H groups in total. The maximum Gasteiger partial charge on any atom is 0.435 e. The van der Waals surface area contributed by atoms with Gasteiger partial charge in [0.05, 0.1) is 11.8 Å². The highest BCUT2D eigenvalue weighted by Crippen LogP contribution is 2.27. The minimum atomic E-state index is -4.47. The van der Waals surface area contributed by atoms with Crippen molar-refractivity contribution in [3.8, 4) is 5.69 Å². The summed E-state index contributed by atoms with van der Waals surface area (Å²) < 4.78 is 44.5. The third-order valence-electron chi connectivity index (χ3n) is 4.21. The van der Waals surface area contributed by atoms with Crippen molar-refractivity contribution in [1.82, 2.24) is 15.1 Å². The number of hydrogen-bond acceptors (Lipinski definition) is 4. The lowest BCUT2D eigenvalue weighted by atomic mass is 10.1. The van der Waals surface area contributed by atoms with E-state index in [2.05, 4.69) is 10.4 Å². The van der Waals surface area contributed by atoms with E-state index in [-0.39, 0.29) is 24.4 Å². The van der Waals surface area contributed by atoms with Gasteiger partial charge in [0.2, 0.25) is 5.91 Å². The molecule has 0 bridgehead atoms. The standard InChI is InChI=1S/C17H19F3N4O2.ClH/c18-17(19,20)15-7-8-24(23-15)12-3-1-11(2-4-12)10-22-16(25)14-6-5-13(9-21)26-14;/h1-4,7-8,13-14H,5-6,9-10,21H2,(H,22,25);1H/t13-,14+;/m1./s1. The zero-order valence-electron chi connectivity index (χ0n) is 14.3. The summed E-state index contributed by atoms with van der Waals surface area (Å²) in [6.45, 7) is 0.702. The van der Waals surface area contributed by atoms with Crippen molar-refractivity contribution < 1.29 is 22.7 Å². The molecule has 0 saturated carbocycles. The van der Waals surface area contributed by atoms with Crippen molar-refractivity contribution in [2.75, 3.05) is 6.54 Å². The molecular formula is C17H20ClF3N4O2. The molecule has 0 radical (unpaired) electrons. The van der Waals surface area contributed by atoms with Gasteiger partial charge in [-0.1, -0.05) is 12.1 Å². The summed E-state index contributed by atoms with van der Waals surface area (Å²) in [6, 6.07) is 7.66. The molecule has 1 aliphatic heterocycles. The quantitative estimate of drug-likeness (QED) is 0.802. The van der Waals surface area contributed by atoms with Gasteiger partial charge < -0.3 is 15.8 Å². The van der Waals surface area contributed by atoms with Gasteiger partial charge in [-0.15, -0.1) is 12.4 Å².